The van der Waals surface area contributed by atoms with Gasteiger partial charge in [0, 0.05) is 11.1 Å². The Labute approximate surface area is 96.8 Å². The highest BCUT2D eigenvalue weighted by Crippen LogP contribution is 2.16. The molecule has 0 unspecified atom stereocenters. The van der Waals surface area contributed by atoms with Crippen LogP contribution < -0.4 is 0 Å². The van der Waals surface area contributed by atoms with Crippen LogP contribution in [-0.2, 0) is 0 Å². The zero-order valence-corrected chi connectivity index (χ0v) is 9.79. The highest BCUT2D eigenvalue weighted by atomic mass is 16.1. The van der Waals surface area contributed by atoms with Gasteiger partial charge < -0.3 is 0 Å². The van der Waals surface area contributed by atoms with E-state index < -0.39 is 0 Å². The van der Waals surface area contributed by atoms with E-state index in [4.69, 9.17) is 0 Å². The average molecular weight is 212 g/mol. The Kier molecular flexibility index (Phi) is 4.01. The van der Waals surface area contributed by atoms with Crippen molar-refractivity contribution in [2.75, 3.05) is 0 Å². The van der Waals surface area contributed by atoms with E-state index in [0.717, 1.165) is 11.1 Å². The van der Waals surface area contributed by atoms with Crippen molar-refractivity contribution >= 4 is 5.78 Å². The molecule has 1 nitrogen and oxygen atoms in total. The summed E-state index contributed by atoms with van der Waals surface area (Å²) in [5, 5.41) is 0. The molecule has 0 atom stereocenters. The van der Waals surface area contributed by atoms with Gasteiger partial charge in [0.15, 0.2) is 5.78 Å². The van der Waals surface area contributed by atoms with Gasteiger partial charge in [-0.05, 0) is 25.5 Å². The lowest BCUT2D eigenvalue weighted by Crippen LogP contribution is -2.04. The van der Waals surface area contributed by atoms with Crippen LogP contribution in [-0.4, -0.2) is 5.78 Å². The molecule has 0 aliphatic carbocycles. The molecule has 16 heavy (non-hydrogen) atoms. The topological polar surface area (TPSA) is 17.1 Å². The van der Waals surface area contributed by atoms with Crippen LogP contribution in [0.25, 0.3) is 0 Å². The second kappa shape index (κ2) is 5.26. The third kappa shape index (κ3) is 3.06. The normalized spacial score (nSPS) is 11.0. The van der Waals surface area contributed by atoms with Gasteiger partial charge in [0.05, 0.1) is 0 Å². The third-order valence-electron chi connectivity index (χ3n) is 2.13. The predicted molar refractivity (Wildman–Crippen MR) is 68.5 cm³/mol. The molecule has 1 aromatic carbocycles. The van der Waals surface area contributed by atoms with Crippen molar-refractivity contribution in [1.82, 2.24) is 0 Å². The van der Waals surface area contributed by atoms with Crippen molar-refractivity contribution in [3.63, 3.8) is 0 Å². The van der Waals surface area contributed by atoms with Crippen molar-refractivity contribution in [1.29, 1.82) is 0 Å². The maximum atomic E-state index is 12.2. The van der Waals surface area contributed by atoms with Crippen molar-refractivity contribution in [2.45, 2.75) is 13.8 Å². The minimum atomic E-state index is -0.00361. The first-order chi connectivity index (χ1) is 7.52. The van der Waals surface area contributed by atoms with E-state index in [9.17, 15) is 4.79 Å². The molecule has 0 saturated heterocycles. The smallest absolute Gasteiger partial charge is 0.193 e. The summed E-state index contributed by atoms with van der Waals surface area (Å²) in [4.78, 5) is 12.2. The van der Waals surface area contributed by atoms with Gasteiger partial charge in [-0.2, -0.15) is 0 Å². The quantitative estimate of drug-likeness (QED) is 0.419. The van der Waals surface area contributed by atoms with E-state index in [-0.39, 0.29) is 5.78 Å². The number of Topliss-reactive ketones (excluding diaryl/α,β-unsaturated/α-hetero) is 1. The molecule has 1 aromatic rings. The number of ketones is 1. The lowest BCUT2D eigenvalue weighted by molar-refractivity contribution is 0.103. The largest absolute Gasteiger partial charge is 0.289 e. The Hall–Kier alpha value is -1.89. The van der Waals surface area contributed by atoms with Crippen LogP contribution in [0.3, 0.4) is 0 Å². The first-order valence-electron chi connectivity index (χ1n) is 5.15. The van der Waals surface area contributed by atoms with Crippen LogP contribution in [0, 0.1) is 0 Å². The zero-order chi connectivity index (χ0) is 12.1. The fourth-order valence-electron chi connectivity index (χ4n) is 1.37. The van der Waals surface area contributed by atoms with Gasteiger partial charge in [0.1, 0.15) is 0 Å². The van der Waals surface area contributed by atoms with E-state index in [1.807, 2.05) is 32.0 Å². The van der Waals surface area contributed by atoms with Crippen LogP contribution >= 0.6 is 0 Å². The van der Waals surface area contributed by atoms with Crippen molar-refractivity contribution < 1.29 is 4.79 Å². The lowest BCUT2D eigenvalue weighted by Gasteiger charge is -2.06. The molecule has 0 heterocycles. The Morgan fingerprint density at radius 3 is 2.12 bits per heavy atom. The monoisotopic (exact) mass is 212 g/mol. The summed E-state index contributed by atoms with van der Waals surface area (Å²) in [6, 6.07) is 9.20. The van der Waals surface area contributed by atoms with E-state index >= 15 is 0 Å². The molecular weight excluding hydrogens is 196 g/mol. The zero-order valence-electron chi connectivity index (χ0n) is 9.79. The summed E-state index contributed by atoms with van der Waals surface area (Å²) in [6.45, 7) is 11.3. The molecule has 82 valence electrons. The van der Waals surface area contributed by atoms with Crippen LogP contribution in [0.1, 0.15) is 24.2 Å². The molecule has 0 bridgehead atoms. The van der Waals surface area contributed by atoms with Crippen LogP contribution in [0.2, 0.25) is 0 Å². The Bertz CT molecular complexity index is 450. The molecule has 0 aromatic heterocycles. The van der Waals surface area contributed by atoms with Crippen LogP contribution in [0.15, 0.2) is 66.3 Å². The first kappa shape index (κ1) is 12.2. The molecule has 0 fully saturated rings. The fraction of sp³-hybridized carbons (Fsp3) is 0.133. The Balaban J connectivity index is 3.12. The summed E-state index contributed by atoms with van der Waals surface area (Å²) in [5.41, 5.74) is 2.91. The molecule has 0 aliphatic rings. The van der Waals surface area contributed by atoms with Gasteiger partial charge in [-0.1, -0.05) is 49.1 Å². The molecule has 0 N–H and O–H groups in total. The first-order valence-corrected chi connectivity index (χ1v) is 5.15. The number of carbonyl (C=O) groups is 1. The second-order valence-electron chi connectivity index (χ2n) is 3.88. The number of allylic oxidation sites excluding steroid dienone is 4. The molecule has 0 saturated carbocycles. The van der Waals surface area contributed by atoms with Gasteiger partial charge in [-0.25, -0.2) is 0 Å². The van der Waals surface area contributed by atoms with Gasteiger partial charge in [0.2, 0.25) is 0 Å². The molecule has 0 radical (unpaired) electrons. The minimum Gasteiger partial charge on any atom is -0.289 e. The van der Waals surface area contributed by atoms with Gasteiger partial charge >= 0.3 is 0 Å². The predicted octanol–water partition coefficient (Wildman–Crippen LogP) is 3.95. The van der Waals surface area contributed by atoms with E-state index in [1.54, 1.807) is 18.2 Å². The number of hydrogen-bond acceptors (Lipinski definition) is 1. The maximum Gasteiger partial charge on any atom is 0.193 e. The molecule has 0 amide bonds. The SMILES string of the molecule is C=C(C)/C=C(\C(=C)C)C(=O)c1ccccc1. The highest BCUT2D eigenvalue weighted by Gasteiger charge is 2.11. The van der Waals surface area contributed by atoms with E-state index in [0.29, 0.717) is 11.1 Å². The highest BCUT2D eigenvalue weighted by molar-refractivity contribution is 6.11. The van der Waals surface area contributed by atoms with E-state index in [1.165, 1.54) is 0 Å². The standard InChI is InChI=1S/C15H16O/c1-11(2)10-14(12(3)4)15(16)13-8-6-5-7-9-13/h5-10H,1,3H2,2,4H3/b14-10+. The number of hydrogen-bond donors (Lipinski definition) is 0. The minimum absolute atomic E-state index is 0.00361. The number of rotatable bonds is 4. The summed E-state index contributed by atoms with van der Waals surface area (Å²) >= 11 is 0. The van der Waals surface area contributed by atoms with Gasteiger partial charge in [0.25, 0.3) is 0 Å². The van der Waals surface area contributed by atoms with Crippen molar-refractivity contribution in [3.8, 4) is 0 Å². The molecule has 0 aliphatic heterocycles. The number of carbonyl (C=O) groups excluding carboxylic acids is 1. The summed E-state index contributed by atoms with van der Waals surface area (Å²) in [5.74, 6) is -0.00361. The Morgan fingerprint density at radius 2 is 1.69 bits per heavy atom. The molecule has 1 heteroatoms. The van der Waals surface area contributed by atoms with E-state index in [2.05, 4.69) is 13.2 Å². The Morgan fingerprint density at radius 1 is 1.12 bits per heavy atom. The van der Waals surface area contributed by atoms with Crippen LogP contribution in [0.5, 0.6) is 0 Å². The lowest BCUT2D eigenvalue weighted by atomic mass is 9.97. The van der Waals surface area contributed by atoms with Crippen molar-refractivity contribution in [2.24, 2.45) is 0 Å². The molecule has 0 spiro atoms. The van der Waals surface area contributed by atoms with Crippen molar-refractivity contribution in [3.05, 3.63) is 71.8 Å². The molecular formula is C15H16O. The van der Waals surface area contributed by atoms with Crippen LogP contribution in [0.4, 0.5) is 0 Å². The summed E-state index contributed by atoms with van der Waals surface area (Å²) in [6.07, 6.45) is 1.78. The van der Waals surface area contributed by atoms with Gasteiger partial charge in [-0.3, -0.25) is 4.79 Å². The number of benzene rings is 1. The summed E-state index contributed by atoms with van der Waals surface area (Å²) in [7, 11) is 0. The second-order valence-corrected chi connectivity index (χ2v) is 3.88. The molecule has 1 rings (SSSR count). The maximum absolute atomic E-state index is 12.2. The van der Waals surface area contributed by atoms with Gasteiger partial charge in [-0.15, -0.1) is 0 Å². The third-order valence-corrected chi connectivity index (χ3v) is 2.13. The average Bonchev–Trinajstić information content (AvgIpc) is 2.25. The fourth-order valence-corrected chi connectivity index (χ4v) is 1.37. The summed E-state index contributed by atoms with van der Waals surface area (Å²) < 4.78 is 0.